The van der Waals surface area contributed by atoms with Crippen LogP contribution in [-0.2, 0) is 4.79 Å². The van der Waals surface area contributed by atoms with E-state index in [1.807, 2.05) is 0 Å². The van der Waals surface area contributed by atoms with Gasteiger partial charge in [-0.05, 0) is 12.1 Å². The first kappa shape index (κ1) is 25.3. The van der Waals surface area contributed by atoms with Crippen LogP contribution in [0.15, 0.2) is 36.4 Å². The number of amides is 1. The number of aromatic hydroxyl groups is 1. The number of non-ortho nitro benzene ring substituents is 2. The summed E-state index contributed by atoms with van der Waals surface area (Å²) in [6, 6.07) is 7.55. The second-order valence-electron chi connectivity index (χ2n) is 4.97. The molecule has 3 rings (SSSR count). The molecule has 2 aromatic rings. The number of ether oxygens (including phenoxy) is 1. The van der Waals surface area contributed by atoms with Gasteiger partial charge in [0.25, 0.3) is 17.3 Å². The number of carbonyl (C=O) groups excluding carboxylic acids is 1. The van der Waals surface area contributed by atoms with Crippen molar-refractivity contribution < 1.29 is 24.5 Å². The Hall–Kier alpha value is -3.70. The fourth-order valence-corrected chi connectivity index (χ4v) is 1.84. The van der Waals surface area contributed by atoms with Gasteiger partial charge < -0.3 is 20.9 Å². The molecule has 14 heteroatoms. The quantitative estimate of drug-likeness (QED) is 0.224. The van der Waals surface area contributed by atoms with Crippen LogP contribution in [0.1, 0.15) is 7.43 Å². The van der Waals surface area contributed by atoms with E-state index in [9.17, 15) is 25.0 Å². The Morgan fingerprint density at radius 2 is 1.62 bits per heavy atom. The van der Waals surface area contributed by atoms with Crippen molar-refractivity contribution in [2.75, 3.05) is 17.7 Å². The van der Waals surface area contributed by atoms with Crippen LogP contribution in [-0.4, -0.2) is 50.0 Å². The molecule has 29 heavy (non-hydrogen) atoms. The van der Waals surface area contributed by atoms with Crippen LogP contribution in [0.4, 0.5) is 22.7 Å². The van der Waals surface area contributed by atoms with E-state index in [1.165, 1.54) is 30.3 Å². The zero-order chi connectivity index (χ0) is 21.3. The van der Waals surface area contributed by atoms with Gasteiger partial charge in [-0.25, -0.2) is 0 Å². The SMILES string of the molecule is C.Nc1cc([N+](=O)[O-])ccc1O.O=C1COc2ccc([N+](=O)[O-])cc2N1.[B][B][B]. The predicted molar refractivity (Wildman–Crippen MR) is 110 cm³/mol. The number of nitrogens with two attached hydrogens (primary N) is 1. The number of carbonyl (C=O) groups is 1. The predicted octanol–water partition coefficient (Wildman–Crippen LogP) is 1.30. The number of rotatable bonds is 2. The van der Waals surface area contributed by atoms with E-state index < -0.39 is 9.85 Å². The lowest BCUT2D eigenvalue weighted by Crippen LogP contribution is -2.25. The van der Waals surface area contributed by atoms with E-state index in [0.717, 1.165) is 13.1 Å². The van der Waals surface area contributed by atoms with Crippen molar-refractivity contribution >= 4 is 51.2 Å². The lowest BCUT2D eigenvalue weighted by Gasteiger charge is -2.16. The number of nitrogens with one attached hydrogen (secondary N) is 1. The summed E-state index contributed by atoms with van der Waals surface area (Å²) in [4.78, 5) is 30.4. The van der Waals surface area contributed by atoms with Gasteiger partial charge in [-0.15, -0.1) is 0 Å². The molecule has 0 saturated heterocycles. The van der Waals surface area contributed by atoms with Gasteiger partial charge in [0.05, 0.1) is 21.2 Å². The fraction of sp³-hybridized carbons (Fsp3) is 0.133. The van der Waals surface area contributed by atoms with Crippen LogP contribution in [0.2, 0.25) is 0 Å². The fourth-order valence-electron chi connectivity index (χ4n) is 1.84. The molecule has 1 heterocycles. The van der Waals surface area contributed by atoms with Gasteiger partial charge in [-0.3, -0.25) is 25.0 Å². The van der Waals surface area contributed by atoms with E-state index in [2.05, 4.69) is 20.8 Å². The minimum absolute atomic E-state index is 0. The van der Waals surface area contributed by atoms with Gasteiger partial charge in [0.15, 0.2) is 6.61 Å². The summed E-state index contributed by atoms with van der Waals surface area (Å²) in [6.07, 6.45) is 0. The van der Waals surface area contributed by atoms with Gasteiger partial charge in [0, 0.05) is 46.8 Å². The largest absolute Gasteiger partial charge is 0.506 e. The summed E-state index contributed by atoms with van der Waals surface area (Å²) in [5.41, 5.74) is 5.36. The molecule has 11 nitrogen and oxygen atoms in total. The topological polar surface area (TPSA) is 171 Å². The van der Waals surface area contributed by atoms with Crippen LogP contribution in [0.25, 0.3) is 0 Å². The molecule has 1 amide bonds. The van der Waals surface area contributed by atoms with Crippen molar-refractivity contribution in [3.8, 4) is 11.5 Å². The lowest BCUT2D eigenvalue weighted by atomic mass is 9.40. The normalized spacial score (nSPS) is 10.7. The second-order valence-corrected chi connectivity index (χ2v) is 4.97. The molecule has 0 spiro atoms. The lowest BCUT2D eigenvalue weighted by molar-refractivity contribution is -0.385. The van der Waals surface area contributed by atoms with Crippen LogP contribution in [0.5, 0.6) is 11.5 Å². The maximum atomic E-state index is 10.9. The van der Waals surface area contributed by atoms with E-state index in [-0.39, 0.29) is 42.8 Å². The number of nitrogens with zero attached hydrogens (tertiary/aromatic N) is 2. The van der Waals surface area contributed by atoms with Gasteiger partial charge in [0.2, 0.25) is 0 Å². The summed E-state index contributed by atoms with van der Waals surface area (Å²) in [6.45, 7) is -0.0508. The summed E-state index contributed by atoms with van der Waals surface area (Å²) < 4.78 is 5.04. The second kappa shape index (κ2) is 11.9. The number of hydrogen-bond donors (Lipinski definition) is 3. The Labute approximate surface area is 169 Å². The average Bonchev–Trinajstić information content (AvgIpc) is 2.64. The number of phenols is 1. The van der Waals surface area contributed by atoms with Crippen LogP contribution < -0.4 is 15.8 Å². The number of nitro groups is 2. The molecular formula is C15H16B3N4O7. The summed E-state index contributed by atoms with van der Waals surface area (Å²) in [7, 11) is 10.0. The van der Waals surface area contributed by atoms with Crippen LogP contribution >= 0.6 is 0 Å². The molecular weight excluding hydrogens is 381 g/mol. The summed E-state index contributed by atoms with van der Waals surface area (Å²) >= 11 is 0. The molecule has 5 radical (unpaired) electrons. The molecule has 4 N–H and O–H groups in total. The number of fused-ring (bicyclic) bond motifs is 1. The minimum atomic E-state index is -0.574. The molecule has 0 bridgehead atoms. The first-order valence-electron chi connectivity index (χ1n) is 7.38. The number of phenolic OH excluding ortho intramolecular Hbond substituents is 1. The molecule has 147 valence electrons. The Kier molecular flexibility index (Phi) is 10.4. The van der Waals surface area contributed by atoms with Crippen molar-refractivity contribution in [1.29, 1.82) is 0 Å². The van der Waals surface area contributed by atoms with Gasteiger partial charge in [0.1, 0.15) is 11.5 Å². The van der Waals surface area contributed by atoms with Gasteiger partial charge in [-0.2, -0.15) is 0 Å². The number of benzene rings is 2. The van der Waals surface area contributed by atoms with Crippen molar-refractivity contribution in [2.24, 2.45) is 0 Å². The molecule has 0 aliphatic carbocycles. The average molecular weight is 397 g/mol. The third-order valence-electron chi connectivity index (χ3n) is 3.03. The van der Waals surface area contributed by atoms with Crippen LogP contribution in [0.3, 0.4) is 0 Å². The molecule has 1 aliphatic heterocycles. The smallest absolute Gasteiger partial charge is 0.271 e. The first-order chi connectivity index (χ1) is 13.2. The van der Waals surface area contributed by atoms with E-state index in [4.69, 9.17) is 15.6 Å². The van der Waals surface area contributed by atoms with E-state index in [1.54, 1.807) is 0 Å². The maximum Gasteiger partial charge on any atom is 0.271 e. The number of nitro benzene ring substituents is 2. The zero-order valence-corrected chi connectivity index (χ0v) is 14.3. The summed E-state index contributed by atoms with van der Waals surface area (Å²) in [5, 5.41) is 31.9. The molecule has 2 aromatic carbocycles. The van der Waals surface area contributed by atoms with Crippen molar-refractivity contribution in [3.05, 3.63) is 56.6 Å². The van der Waals surface area contributed by atoms with Crippen molar-refractivity contribution in [3.63, 3.8) is 0 Å². The molecule has 0 saturated carbocycles. The monoisotopic (exact) mass is 397 g/mol. The number of anilines is 2. The first-order valence-corrected chi connectivity index (χ1v) is 7.38. The standard InChI is InChI=1S/C8H6N2O4.C6H6N2O3.CH4.B3/c11-8-4-14-7-2-1-5(10(12)13)3-6(7)9-8;7-5-3-4(8(10)11)1-2-6(5)9;;1-3-2/h1-3H,4H2,(H,9,11);1-3,9H,7H2;1H4;. The van der Waals surface area contributed by atoms with Gasteiger partial charge in [-0.1, -0.05) is 7.43 Å². The maximum absolute atomic E-state index is 10.9. The van der Waals surface area contributed by atoms with E-state index in [0.29, 0.717) is 11.4 Å². The molecule has 0 fully saturated rings. The third kappa shape index (κ3) is 7.83. The Bertz CT molecular complexity index is 883. The molecule has 0 aromatic heterocycles. The van der Waals surface area contributed by atoms with Crippen molar-refractivity contribution in [1.82, 2.24) is 0 Å². The highest BCUT2D eigenvalue weighted by atomic mass is 16.6. The molecule has 0 unspecified atom stereocenters. The molecule has 1 aliphatic rings. The highest BCUT2D eigenvalue weighted by molar-refractivity contribution is 7.17. The Morgan fingerprint density at radius 3 is 2.14 bits per heavy atom. The number of hydrogen-bond acceptors (Lipinski definition) is 8. The van der Waals surface area contributed by atoms with Crippen LogP contribution in [0, 0.1) is 20.2 Å². The Morgan fingerprint density at radius 1 is 1.10 bits per heavy atom. The van der Waals surface area contributed by atoms with Gasteiger partial charge >= 0.3 is 0 Å². The van der Waals surface area contributed by atoms with Crippen molar-refractivity contribution in [2.45, 2.75) is 7.43 Å². The molecule has 0 atom stereocenters. The number of nitrogen functional groups attached to an aromatic ring is 1. The summed E-state index contributed by atoms with van der Waals surface area (Å²) in [5.74, 6) is 0.00352. The highest BCUT2D eigenvalue weighted by Crippen LogP contribution is 2.31. The third-order valence-corrected chi connectivity index (χ3v) is 3.03. The van der Waals surface area contributed by atoms with E-state index >= 15 is 0 Å². The Balaban J connectivity index is 0.000000473. The highest BCUT2D eigenvalue weighted by Gasteiger charge is 2.18. The zero-order valence-electron chi connectivity index (χ0n) is 14.3. The minimum Gasteiger partial charge on any atom is -0.506 e.